The number of allylic oxidation sites excluding steroid dienone is 7. The molecule has 0 saturated carbocycles. The van der Waals surface area contributed by atoms with Crippen molar-refractivity contribution in [1.82, 2.24) is 0 Å². The van der Waals surface area contributed by atoms with Crippen molar-refractivity contribution in [2.45, 2.75) is 25.8 Å². The lowest BCUT2D eigenvalue weighted by Crippen LogP contribution is -2.17. The zero-order valence-corrected chi connectivity index (χ0v) is 22.0. The molecule has 0 radical (unpaired) electrons. The van der Waals surface area contributed by atoms with Crippen LogP contribution in [0.3, 0.4) is 0 Å². The van der Waals surface area contributed by atoms with E-state index >= 15 is 0 Å². The first-order chi connectivity index (χ1) is 19.3. The summed E-state index contributed by atoms with van der Waals surface area (Å²) in [4.78, 5) is 2.30. The minimum absolute atomic E-state index is 0.251. The van der Waals surface area contributed by atoms with Crippen molar-refractivity contribution in [3.05, 3.63) is 144 Å². The third-order valence-corrected chi connectivity index (χ3v) is 7.82. The van der Waals surface area contributed by atoms with Crippen LogP contribution in [0.5, 0.6) is 0 Å². The smallest absolute Gasteiger partial charge is 0.143 e. The van der Waals surface area contributed by atoms with Gasteiger partial charge in [-0.2, -0.15) is 0 Å². The monoisotopic (exact) mass is 506 g/mol. The van der Waals surface area contributed by atoms with E-state index in [1.165, 1.54) is 16.7 Å². The normalized spacial score (nSPS) is 18.3. The number of nitrogens with two attached hydrogens (primary N) is 1. The van der Waals surface area contributed by atoms with Gasteiger partial charge in [0.1, 0.15) is 11.2 Å². The average molecular weight is 507 g/mol. The maximum absolute atomic E-state index is 7.08. The second kappa shape index (κ2) is 9.61. The van der Waals surface area contributed by atoms with Crippen LogP contribution < -0.4 is 10.6 Å². The molecule has 0 saturated heterocycles. The van der Waals surface area contributed by atoms with Gasteiger partial charge in [-0.1, -0.05) is 91.0 Å². The predicted octanol–water partition coefficient (Wildman–Crippen LogP) is 9.46. The molecular formula is C36H30N2O. The van der Waals surface area contributed by atoms with Crippen LogP contribution in [0.25, 0.3) is 33.1 Å². The van der Waals surface area contributed by atoms with E-state index in [1.807, 2.05) is 25.1 Å². The maximum Gasteiger partial charge on any atom is 0.143 e. The highest BCUT2D eigenvalue weighted by Crippen LogP contribution is 2.51. The standard InChI is InChI=1S/C36H30N2O/c1-2-3-21-32-35(37)34-28(18-12-22-31(34)38(32)24-13-5-4-6-14-24)25-15-7-8-16-26(25)29-19-11-20-30-27-17-9-10-23-33(27)39-36(29)30/h2-6,9-23,35H,7-8,37H2,1H3/b3-2-,32-21+. The molecule has 0 fully saturated rings. The van der Waals surface area contributed by atoms with Gasteiger partial charge in [0.2, 0.25) is 0 Å². The zero-order chi connectivity index (χ0) is 26.3. The molecule has 1 unspecified atom stereocenters. The second-order valence-electron chi connectivity index (χ2n) is 10.1. The number of hydrogen-bond acceptors (Lipinski definition) is 3. The number of hydrogen-bond donors (Lipinski definition) is 1. The average Bonchev–Trinajstić information content (AvgIpc) is 3.51. The fourth-order valence-corrected chi connectivity index (χ4v) is 6.12. The van der Waals surface area contributed by atoms with Gasteiger partial charge >= 0.3 is 0 Å². The molecule has 190 valence electrons. The van der Waals surface area contributed by atoms with Crippen LogP contribution in [0, 0.1) is 0 Å². The minimum Gasteiger partial charge on any atom is -0.455 e. The fraction of sp³-hybridized carbons (Fsp3) is 0.111. The molecule has 5 aromatic rings. The Morgan fingerprint density at radius 2 is 1.46 bits per heavy atom. The molecule has 0 amide bonds. The van der Waals surface area contributed by atoms with Crippen molar-refractivity contribution in [2.75, 3.05) is 4.90 Å². The summed E-state index contributed by atoms with van der Waals surface area (Å²) in [5, 5.41) is 2.30. The molecule has 1 atom stereocenters. The summed E-state index contributed by atoms with van der Waals surface area (Å²) in [7, 11) is 0. The van der Waals surface area contributed by atoms with E-state index in [0.717, 1.165) is 63.0 Å². The summed E-state index contributed by atoms with van der Waals surface area (Å²) >= 11 is 0. The number of para-hydroxylation sites is 3. The van der Waals surface area contributed by atoms with E-state index in [9.17, 15) is 0 Å². The lowest BCUT2D eigenvalue weighted by molar-refractivity contribution is 0.668. The van der Waals surface area contributed by atoms with Gasteiger partial charge in [0.15, 0.2) is 0 Å². The molecule has 4 aromatic carbocycles. The summed E-state index contributed by atoms with van der Waals surface area (Å²) in [6.07, 6.45) is 13.0. The van der Waals surface area contributed by atoms with Crippen LogP contribution in [0.2, 0.25) is 0 Å². The van der Waals surface area contributed by atoms with Crippen molar-refractivity contribution < 1.29 is 4.42 Å². The number of anilines is 2. The zero-order valence-electron chi connectivity index (χ0n) is 22.0. The van der Waals surface area contributed by atoms with Crippen molar-refractivity contribution in [1.29, 1.82) is 0 Å². The lowest BCUT2D eigenvalue weighted by atomic mass is 9.83. The maximum atomic E-state index is 7.08. The molecule has 0 spiro atoms. The molecular weight excluding hydrogens is 476 g/mol. The molecule has 1 aliphatic heterocycles. The first-order valence-electron chi connectivity index (χ1n) is 13.6. The highest BCUT2D eigenvalue weighted by atomic mass is 16.3. The summed E-state index contributed by atoms with van der Waals surface area (Å²) in [5.74, 6) is 0. The van der Waals surface area contributed by atoms with E-state index < -0.39 is 0 Å². The van der Waals surface area contributed by atoms with E-state index in [0.29, 0.717) is 0 Å². The number of fused-ring (bicyclic) bond motifs is 4. The highest BCUT2D eigenvalue weighted by molar-refractivity contribution is 6.15. The van der Waals surface area contributed by atoms with Gasteiger partial charge < -0.3 is 15.1 Å². The van der Waals surface area contributed by atoms with Crippen LogP contribution in [0.4, 0.5) is 11.4 Å². The molecule has 3 heteroatoms. The Morgan fingerprint density at radius 1 is 0.769 bits per heavy atom. The van der Waals surface area contributed by atoms with Gasteiger partial charge in [0.05, 0.1) is 11.7 Å². The van der Waals surface area contributed by atoms with Crippen LogP contribution >= 0.6 is 0 Å². The number of furan rings is 1. The van der Waals surface area contributed by atoms with Crippen molar-refractivity contribution >= 4 is 44.5 Å². The fourth-order valence-electron chi connectivity index (χ4n) is 6.12. The number of benzene rings is 4. The molecule has 2 N–H and O–H groups in total. The van der Waals surface area contributed by atoms with Crippen LogP contribution in [0.15, 0.2) is 131 Å². The van der Waals surface area contributed by atoms with Gasteiger partial charge in [-0.15, -0.1) is 0 Å². The minimum atomic E-state index is -0.251. The first kappa shape index (κ1) is 23.5. The topological polar surface area (TPSA) is 42.4 Å². The summed E-state index contributed by atoms with van der Waals surface area (Å²) < 4.78 is 6.45. The third-order valence-electron chi connectivity index (χ3n) is 7.82. The summed E-state index contributed by atoms with van der Waals surface area (Å²) in [6, 6.07) is 31.6. The Morgan fingerprint density at radius 3 is 2.28 bits per heavy atom. The van der Waals surface area contributed by atoms with Gasteiger partial charge in [0.25, 0.3) is 0 Å². The SMILES string of the molecule is C/C=C\C=C1/C(N)c2c(C3=CCCC=C3c3cccc4c3oc3ccccc34)cccc2N1c1ccccc1. The van der Waals surface area contributed by atoms with Crippen LogP contribution in [0.1, 0.15) is 42.5 Å². The first-order valence-corrected chi connectivity index (χ1v) is 13.6. The molecule has 1 aromatic heterocycles. The van der Waals surface area contributed by atoms with Gasteiger partial charge in [-0.25, -0.2) is 0 Å². The van der Waals surface area contributed by atoms with Gasteiger partial charge in [-0.3, -0.25) is 0 Å². The highest BCUT2D eigenvalue weighted by Gasteiger charge is 2.35. The predicted molar refractivity (Wildman–Crippen MR) is 164 cm³/mol. The molecule has 3 nitrogen and oxygen atoms in total. The van der Waals surface area contributed by atoms with Crippen molar-refractivity contribution in [2.24, 2.45) is 5.73 Å². The molecule has 2 aliphatic rings. The van der Waals surface area contributed by atoms with E-state index in [-0.39, 0.29) is 6.04 Å². The molecule has 39 heavy (non-hydrogen) atoms. The molecule has 2 heterocycles. The Labute approximate surface area is 228 Å². The van der Waals surface area contributed by atoms with Crippen molar-refractivity contribution in [3.63, 3.8) is 0 Å². The molecule has 0 bridgehead atoms. The van der Waals surface area contributed by atoms with Crippen LogP contribution in [-0.4, -0.2) is 0 Å². The quantitative estimate of drug-likeness (QED) is 0.264. The molecule has 7 rings (SSSR count). The summed E-state index contributed by atoms with van der Waals surface area (Å²) in [5.41, 5.74) is 18.2. The van der Waals surface area contributed by atoms with Crippen LogP contribution in [-0.2, 0) is 0 Å². The Bertz CT molecular complexity index is 1830. The lowest BCUT2D eigenvalue weighted by Gasteiger charge is -2.22. The van der Waals surface area contributed by atoms with E-state index in [4.69, 9.17) is 10.2 Å². The van der Waals surface area contributed by atoms with E-state index in [2.05, 4.69) is 108 Å². The molecule has 1 aliphatic carbocycles. The van der Waals surface area contributed by atoms with Crippen molar-refractivity contribution in [3.8, 4) is 0 Å². The second-order valence-corrected chi connectivity index (χ2v) is 10.1. The van der Waals surface area contributed by atoms with Gasteiger partial charge in [0, 0.05) is 33.3 Å². The summed E-state index contributed by atoms with van der Waals surface area (Å²) in [6.45, 7) is 2.03. The Kier molecular flexibility index (Phi) is 5.79. The van der Waals surface area contributed by atoms with E-state index in [1.54, 1.807) is 0 Å². The number of nitrogens with zero attached hydrogens (tertiary/aromatic N) is 1. The third kappa shape index (κ3) is 3.77. The Hall–Kier alpha value is -4.60. The number of rotatable bonds is 4. The van der Waals surface area contributed by atoms with Gasteiger partial charge in [-0.05, 0) is 66.8 Å². The largest absolute Gasteiger partial charge is 0.455 e. The Balaban J connectivity index is 1.41.